The second kappa shape index (κ2) is 4.22. The van der Waals surface area contributed by atoms with Gasteiger partial charge in [-0.15, -0.1) is 0 Å². The van der Waals surface area contributed by atoms with Gasteiger partial charge in [-0.05, 0) is 42.9 Å². The molecular weight excluding hydrogens is 272 g/mol. The Morgan fingerprint density at radius 2 is 2.00 bits per heavy atom. The molecule has 0 aliphatic heterocycles. The van der Waals surface area contributed by atoms with Crippen molar-refractivity contribution in [2.75, 3.05) is 0 Å². The highest BCUT2D eigenvalue weighted by molar-refractivity contribution is 7.80. The third-order valence-corrected chi connectivity index (χ3v) is 5.24. The Bertz CT molecular complexity index is 693. The first-order chi connectivity index (χ1) is 9.22. The minimum absolute atomic E-state index is 0.504. The van der Waals surface area contributed by atoms with Crippen molar-refractivity contribution in [2.24, 2.45) is 5.92 Å². The molecule has 4 rings (SSSR count). The molecule has 1 heterocycles. The summed E-state index contributed by atoms with van der Waals surface area (Å²) in [7, 11) is 0. The number of allylic oxidation sites excluding steroid dienone is 4. The first-order valence-corrected chi connectivity index (χ1v) is 7.57. The molecule has 3 heteroatoms. The first-order valence-electron chi connectivity index (χ1n) is 6.76. The molecule has 0 fully saturated rings. The van der Waals surface area contributed by atoms with Crippen LogP contribution in [0.15, 0.2) is 40.0 Å². The molecule has 3 aliphatic rings. The molecule has 3 aliphatic carbocycles. The Morgan fingerprint density at radius 1 is 1.11 bits per heavy atom. The lowest BCUT2D eigenvalue weighted by Gasteiger charge is -2.38. The van der Waals surface area contributed by atoms with Crippen LogP contribution in [0, 0.1) is 10.4 Å². The van der Waals surface area contributed by atoms with E-state index in [4.69, 9.17) is 28.9 Å². The van der Waals surface area contributed by atoms with E-state index in [2.05, 4.69) is 12.2 Å². The lowest BCUT2D eigenvalue weighted by Crippen LogP contribution is -2.27. The van der Waals surface area contributed by atoms with Gasteiger partial charge in [0, 0.05) is 27.3 Å². The van der Waals surface area contributed by atoms with E-state index >= 15 is 0 Å². The number of thiocarbonyl (C=S) groups is 1. The Balaban J connectivity index is 1.83. The molecule has 1 nitrogen and oxygen atoms in total. The fraction of sp³-hybridized carbons (Fsp3) is 0.375. The highest BCUT2D eigenvalue weighted by Crippen LogP contribution is 2.48. The largest absolute Gasteiger partial charge is 0.469 e. The summed E-state index contributed by atoms with van der Waals surface area (Å²) in [6, 6.07) is 1.91. The summed E-state index contributed by atoms with van der Waals surface area (Å²) in [5.41, 5.74) is 4.32. The van der Waals surface area contributed by atoms with Gasteiger partial charge in [0.2, 0.25) is 0 Å². The van der Waals surface area contributed by atoms with E-state index in [0.717, 1.165) is 34.4 Å². The zero-order valence-corrected chi connectivity index (χ0v) is 12.2. The summed E-state index contributed by atoms with van der Waals surface area (Å²) in [5, 5.41) is 0. The van der Waals surface area contributed by atoms with Crippen molar-refractivity contribution in [3.8, 4) is 0 Å². The molecule has 0 aromatic carbocycles. The minimum Gasteiger partial charge on any atom is -0.469 e. The lowest BCUT2D eigenvalue weighted by atomic mass is 9.67. The molecular formula is C16H14OS2. The van der Waals surface area contributed by atoms with Crippen molar-refractivity contribution >= 4 is 29.3 Å². The zero-order chi connectivity index (χ0) is 13.0. The second-order valence-corrected chi connectivity index (χ2v) is 6.66. The van der Waals surface area contributed by atoms with Gasteiger partial charge in [-0.2, -0.15) is 0 Å². The molecule has 96 valence electrons. The van der Waals surface area contributed by atoms with Crippen LogP contribution in [-0.2, 0) is 6.42 Å². The molecule has 1 aromatic rings. The maximum atomic E-state index is 5.78. The highest BCUT2D eigenvalue weighted by atomic mass is 32.1. The van der Waals surface area contributed by atoms with Gasteiger partial charge in [0.1, 0.15) is 5.76 Å². The molecule has 19 heavy (non-hydrogen) atoms. The second-order valence-electron chi connectivity index (χ2n) is 5.70. The van der Waals surface area contributed by atoms with E-state index in [1.54, 1.807) is 6.26 Å². The van der Waals surface area contributed by atoms with E-state index in [-0.39, 0.29) is 0 Å². The fourth-order valence-corrected chi connectivity index (χ4v) is 4.27. The third-order valence-electron chi connectivity index (χ3n) is 4.58. The molecule has 2 bridgehead atoms. The van der Waals surface area contributed by atoms with E-state index < -0.39 is 0 Å². The van der Waals surface area contributed by atoms with Crippen LogP contribution in [0.1, 0.15) is 36.5 Å². The summed E-state index contributed by atoms with van der Waals surface area (Å²) in [6.07, 6.45) is 10.4. The lowest BCUT2D eigenvalue weighted by molar-refractivity contribution is 0.338. The van der Waals surface area contributed by atoms with E-state index in [0.29, 0.717) is 11.8 Å². The van der Waals surface area contributed by atoms with Crippen LogP contribution < -0.4 is 0 Å². The van der Waals surface area contributed by atoms with Gasteiger partial charge in [0.25, 0.3) is 0 Å². The minimum atomic E-state index is 0.504. The van der Waals surface area contributed by atoms with Gasteiger partial charge in [-0.25, -0.2) is 0 Å². The van der Waals surface area contributed by atoms with Gasteiger partial charge in [0.15, 0.2) is 0 Å². The highest BCUT2D eigenvalue weighted by Gasteiger charge is 2.37. The SMILES string of the molecule is S=C1C=CC2=C(C1)CC1CC2Cc2c1occc2=S. The van der Waals surface area contributed by atoms with Crippen molar-refractivity contribution in [1.82, 2.24) is 0 Å². The van der Waals surface area contributed by atoms with Crippen LogP contribution in [0.5, 0.6) is 0 Å². The third kappa shape index (κ3) is 1.79. The number of hydrogen-bond acceptors (Lipinski definition) is 3. The Hall–Kier alpha value is -1.06. The molecule has 2 unspecified atom stereocenters. The summed E-state index contributed by atoms with van der Waals surface area (Å²) >= 11 is 10.8. The Labute approximate surface area is 123 Å². The van der Waals surface area contributed by atoms with Crippen molar-refractivity contribution in [2.45, 2.75) is 31.6 Å². The quantitative estimate of drug-likeness (QED) is 0.643. The monoisotopic (exact) mass is 286 g/mol. The number of rotatable bonds is 0. The van der Waals surface area contributed by atoms with Crippen LogP contribution in [0.25, 0.3) is 0 Å². The maximum absolute atomic E-state index is 5.78. The van der Waals surface area contributed by atoms with Gasteiger partial charge in [0.05, 0.1) is 6.26 Å². The van der Waals surface area contributed by atoms with Crippen LogP contribution >= 0.6 is 24.4 Å². The molecule has 0 amide bonds. The van der Waals surface area contributed by atoms with Gasteiger partial charge >= 0.3 is 0 Å². The Kier molecular flexibility index (Phi) is 2.61. The average Bonchev–Trinajstić information content (AvgIpc) is 2.40. The standard InChI is InChI=1S/C16H14OS2/c18-12-1-2-13-9(7-12)5-11-6-10(13)8-14-15(19)3-4-17-16(11)14/h1-4,10-11H,5-8H2. The van der Waals surface area contributed by atoms with Crippen LogP contribution in [0.4, 0.5) is 0 Å². The number of hydrogen-bond donors (Lipinski definition) is 0. The summed E-state index contributed by atoms with van der Waals surface area (Å²) in [6.45, 7) is 0. The van der Waals surface area contributed by atoms with E-state index in [9.17, 15) is 0 Å². The van der Waals surface area contributed by atoms with Gasteiger partial charge in [-0.3, -0.25) is 0 Å². The predicted molar refractivity (Wildman–Crippen MR) is 82.1 cm³/mol. The van der Waals surface area contributed by atoms with Crippen LogP contribution in [-0.4, -0.2) is 4.86 Å². The topological polar surface area (TPSA) is 13.1 Å². The van der Waals surface area contributed by atoms with Gasteiger partial charge < -0.3 is 4.42 Å². The van der Waals surface area contributed by atoms with E-state index in [1.807, 2.05) is 6.07 Å². The van der Waals surface area contributed by atoms with E-state index in [1.165, 1.54) is 23.1 Å². The normalized spacial score (nSPS) is 28.1. The van der Waals surface area contributed by atoms with Crippen molar-refractivity contribution in [3.63, 3.8) is 0 Å². The molecule has 0 saturated carbocycles. The van der Waals surface area contributed by atoms with Gasteiger partial charge in [-0.1, -0.05) is 36.1 Å². The summed E-state index contributed by atoms with van der Waals surface area (Å²) in [5.74, 6) is 2.25. The summed E-state index contributed by atoms with van der Waals surface area (Å²) < 4.78 is 6.75. The molecule has 0 spiro atoms. The molecule has 0 saturated heterocycles. The van der Waals surface area contributed by atoms with Crippen molar-refractivity contribution in [3.05, 3.63) is 51.5 Å². The number of fused-ring (bicyclic) bond motifs is 5. The van der Waals surface area contributed by atoms with Crippen LogP contribution in [0.2, 0.25) is 0 Å². The maximum Gasteiger partial charge on any atom is 0.111 e. The molecule has 1 aromatic heterocycles. The summed E-state index contributed by atoms with van der Waals surface area (Å²) in [4.78, 5) is 1.06. The average molecular weight is 286 g/mol. The fourth-order valence-electron chi connectivity index (χ4n) is 3.78. The van der Waals surface area contributed by atoms with Crippen LogP contribution in [0.3, 0.4) is 0 Å². The van der Waals surface area contributed by atoms with Crippen molar-refractivity contribution < 1.29 is 4.42 Å². The van der Waals surface area contributed by atoms with Crippen molar-refractivity contribution in [1.29, 1.82) is 0 Å². The first kappa shape index (κ1) is 11.7. The zero-order valence-electron chi connectivity index (χ0n) is 10.5. The smallest absolute Gasteiger partial charge is 0.111 e. The Morgan fingerprint density at radius 3 is 2.89 bits per heavy atom. The predicted octanol–water partition coefficient (Wildman–Crippen LogP) is 4.69. The molecule has 0 N–H and O–H groups in total. The molecule has 0 radical (unpaired) electrons. The molecule has 2 atom stereocenters.